The zero-order valence-electron chi connectivity index (χ0n) is 10.0. The molecule has 0 atom stereocenters. The summed E-state index contributed by atoms with van der Waals surface area (Å²) in [7, 11) is 1.37. The van der Waals surface area contributed by atoms with Gasteiger partial charge in [-0.3, -0.25) is 4.79 Å². The van der Waals surface area contributed by atoms with Gasteiger partial charge in [0, 0.05) is 11.5 Å². The fourth-order valence-electron chi connectivity index (χ4n) is 1.26. The first kappa shape index (κ1) is 13.6. The zero-order valence-corrected chi connectivity index (χ0v) is 10.0. The average molecular weight is 248 g/mol. The second-order valence-corrected chi connectivity index (χ2v) is 3.17. The predicted octanol–water partition coefficient (Wildman–Crippen LogP) is 1.13. The van der Waals surface area contributed by atoms with E-state index in [2.05, 4.69) is 16.6 Å². The van der Waals surface area contributed by atoms with Crippen LogP contribution in [0.3, 0.4) is 0 Å². The van der Waals surface area contributed by atoms with Gasteiger partial charge in [0.05, 0.1) is 19.3 Å². The van der Waals surface area contributed by atoms with E-state index >= 15 is 0 Å². The molecule has 0 spiro atoms. The summed E-state index contributed by atoms with van der Waals surface area (Å²) in [5, 5.41) is 9.81. The number of ether oxygens (including phenoxy) is 2. The Morgan fingerprint density at radius 3 is 2.78 bits per heavy atom. The van der Waals surface area contributed by atoms with Crippen molar-refractivity contribution in [3.63, 3.8) is 0 Å². The van der Waals surface area contributed by atoms with Crippen LogP contribution >= 0.6 is 0 Å². The molecule has 94 valence electrons. The van der Waals surface area contributed by atoms with Gasteiger partial charge in [-0.25, -0.2) is 4.79 Å². The molecule has 5 nitrogen and oxygen atoms in total. The van der Waals surface area contributed by atoms with Gasteiger partial charge in [-0.2, -0.15) is 0 Å². The van der Waals surface area contributed by atoms with Crippen LogP contribution in [0.2, 0.25) is 0 Å². The van der Waals surface area contributed by atoms with E-state index in [0.717, 1.165) is 0 Å². The van der Waals surface area contributed by atoms with Crippen molar-refractivity contribution in [2.75, 3.05) is 13.7 Å². The largest absolute Gasteiger partial charge is 0.503 e. The third-order valence-electron chi connectivity index (χ3n) is 2.09. The van der Waals surface area contributed by atoms with E-state index in [4.69, 9.17) is 4.74 Å². The highest BCUT2D eigenvalue weighted by atomic mass is 16.5. The van der Waals surface area contributed by atoms with Gasteiger partial charge in [0.25, 0.3) is 0 Å². The number of benzene rings is 1. The maximum atomic E-state index is 11.1. The van der Waals surface area contributed by atoms with Crippen LogP contribution in [0.5, 0.6) is 11.5 Å². The van der Waals surface area contributed by atoms with E-state index in [9.17, 15) is 14.7 Å². The van der Waals surface area contributed by atoms with Crippen LogP contribution in [0.25, 0.3) is 0 Å². The number of rotatable bonds is 3. The summed E-state index contributed by atoms with van der Waals surface area (Å²) < 4.78 is 9.51. The van der Waals surface area contributed by atoms with Crippen LogP contribution in [0.4, 0.5) is 0 Å². The predicted molar refractivity (Wildman–Crippen MR) is 63.6 cm³/mol. The Balaban J connectivity index is 3.20. The molecule has 1 N–H and O–H groups in total. The minimum Gasteiger partial charge on any atom is -0.503 e. The van der Waals surface area contributed by atoms with Gasteiger partial charge in [0.15, 0.2) is 17.8 Å². The molecule has 1 rings (SSSR count). The van der Waals surface area contributed by atoms with Gasteiger partial charge in [-0.05, 0) is 19.1 Å². The Morgan fingerprint density at radius 2 is 2.22 bits per heavy atom. The molecule has 1 aromatic rings. The lowest BCUT2D eigenvalue weighted by Gasteiger charge is -2.06. The van der Waals surface area contributed by atoms with Crippen molar-refractivity contribution < 1.29 is 24.2 Å². The first-order valence-electron chi connectivity index (χ1n) is 5.18. The van der Waals surface area contributed by atoms with Gasteiger partial charge in [0.1, 0.15) is 0 Å². The van der Waals surface area contributed by atoms with Crippen molar-refractivity contribution in [1.82, 2.24) is 0 Å². The lowest BCUT2D eigenvalue weighted by molar-refractivity contribution is -0.136. The Morgan fingerprint density at radius 1 is 1.50 bits per heavy atom. The molecule has 0 aliphatic rings. The molecule has 0 bridgehead atoms. The van der Waals surface area contributed by atoms with Crippen LogP contribution < -0.4 is 4.74 Å². The molecule has 0 heterocycles. The van der Waals surface area contributed by atoms with Crippen LogP contribution in [0, 0.1) is 11.8 Å². The number of phenols is 1. The molecule has 0 aliphatic carbocycles. The SMILES string of the molecule is CCOC(=O)C#Cc1c(C=O)ccc(OC)c1O. The lowest BCUT2D eigenvalue weighted by atomic mass is 10.1. The standard InChI is InChI=1S/C13H12O5/c1-3-18-12(15)7-5-10-9(8-14)4-6-11(17-2)13(10)16/h4,6,8,16H,3H2,1-2H3. The highest BCUT2D eigenvalue weighted by Gasteiger charge is 2.11. The van der Waals surface area contributed by atoms with E-state index in [-0.39, 0.29) is 29.2 Å². The third kappa shape index (κ3) is 3.01. The quantitative estimate of drug-likeness (QED) is 0.493. The summed E-state index contributed by atoms with van der Waals surface area (Å²) in [6.45, 7) is 1.86. The monoisotopic (exact) mass is 248 g/mol. The summed E-state index contributed by atoms with van der Waals surface area (Å²) in [5.74, 6) is 3.76. The number of carbonyl (C=O) groups is 2. The number of hydrogen-bond donors (Lipinski definition) is 1. The number of carbonyl (C=O) groups excluding carboxylic acids is 2. The fraction of sp³-hybridized carbons (Fsp3) is 0.231. The summed E-state index contributed by atoms with van der Waals surface area (Å²) in [5.41, 5.74) is 0.211. The van der Waals surface area contributed by atoms with Gasteiger partial charge >= 0.3 is 5.97 Å². The summed E-state index contributed by atoms with van der Waals surface area (Å²) in [6.07, 6.45) is 0.536. The Labute approximate surface area is 104 Å². The zero-order chi connectivity index (χ0) is 13.5. The summed E-state index contributed by atoms with van der Waals surface area (Å²) in [6, 6.07) is 2.88. The van der Waals surface area contributed by atoms with Gasteiger partial charge in [0.2, 0.25) is 0 Å². The van der Waals surface area contributed by atoms with Crippen molar-refractivity contribution in [1.29, 1.82) is 0 Å². The van der Waals surface area contributed by atoms with Crippen molar-refractivity contribution in [2.45, 2.75) is 6.92 Å². The van der Waals surface area contributed by atoms with E-state index in [1.54, 1.807) is 6.92 Å². The topological polar surface area (TPSA) is 72.8 Å². The van der Waals surface area contributed by atoms with E-state index in [1.165, 1.54) is 19.2 Å². The van der Waals surface area contributed by atoms with Crippen LogP contribution in [0.15, 0.2) is 12.1 Å². The average Bonchev–Trinajstić information content (AvgIpc) is 2.37. The van der Waals surface area contributed by atoms with Crippen LogP contribution in [-0.2, 0) is 9.53 Å². The second-order valence-electron chi connectivity index (χ2n) is 3.17. The molecule has 0 saturated heterocycles. The molecule has 18 heavy (non-hydrogen) atoms. The van der Waals surface area contributed by atoms with Gasteiger partial charge in [-0.1, -0.05) is 5.92 Å². The number of aldehydes is 1. The number of aromatic hydroxyl groups is 1. The van der Waals surface area contributed by atoms with Gasteiger partial charge < -0.3 is 14.6 Å². The number of methoxy groups -OCH3 is 1. The first-order valence-corrected chi connectivity index (χ1v) is 5.18. The molecule has 0 radical (unpaired) electrons. The highest BCUT2D eigenvalue weighted by molar-refractivity contribution is 5.91. The maximum Gasteiger partial charge on any atom is 0.384 e. The van der Waals surface area contributed by atoms with Crippen molar-refractivity contribution in [2.24, 2.45) is 0 Å². The number of esters is 1. The molecule has 0 saturated carbocycles. The Hall–Kier alpha value is -2.48. The second kappa shape index (κ2) is 6.30. The number of hydrogen-bond acceptors (Lipinski definition) is 5. The van der Waals surface area contributed by atoms with Crippen molar-refractivity contribution >= 4 is 12.3 Å². The molecule has 0 fully saturated rings. The molecule has 0 unspecified atom stereocenters. The minimum absolute atomic E-state index is 0.0393. The minimum atomic E-state index is -0.725. The molecular formula is C13H12O5. The summed E-state index contributed by atoms with van der Waals surface area (Å²) in [4.78, 5) is 21.9. The van der Waals surface area contributed by atoms with E-state index in [1.807, 2.05) is 0 Å². The van der Waals surface area contributed by atoms with Crippen molar-refractivity contribution in [3.05, 3.63) is 23.3 Å². The maximum absolute atomic E-state index is 11.1. The first-order chi connectivity index (χ1) is 8.63. The molecule has 0 amide bonds. The van der Waals surface area contributed by atoms with E-state index < -0.39 is 5.97 Å². The molecular weight excluding hydrogens is 236 g/mol. The smallest absolute Gasteiger partial charge is 0.384 e. The van der Waals surface area contributed by atoms with Gasteiger partial charge in [-0.15, -0.1) is 0 Å². The van der Waals surface area contributed by atoms with Crippen molar-refractivity contribution in [3.8, 4) is 23.3 Å². The van der Waals surface area contributed by atoms with Crippen LogP contribution in [-0.4, -0.2) is 31.1 Å². The van der Waals surface area contributed by atoms with Crippen LogP contribution in [0.1, 0.15) is 22.8 Å². The number of phenolic OH excluding ortho intramolecular Hbond substituents is 1. The summed E-state index contributed by atoms with van der Waals surface area (Å²) >= 11 is 0. The molecule has 0 aromatic heterocycles. The Kier molecular flexibility index (Phi) is 4.76. The van der Waals surface area contributed by atoms with E-state index in [0.29, 0.717) is 6.29 Å². The molecule has 1 aromatic carbocycles. The molecule has 0 aliphatic heterocycles. The fourth-order valence-corrected chi connectivity index (χ4v) is 1.26. The highest BCUT2D eigenvalue weighted by Crippen LogP contribution is 2.30. The molecule has 5 heteroatoms. The normalized spacial score (nSPS) is 9.00. The third-order valence-corrected chi connectivity index (χ3v) is 2.09. The Bertz CT molecular complexity index is 522. The lowest BCUT2D eigenvalue weighted by Crippen LogP contribution is -2.00.